The van der Waals surface area contributed by atoms with Crippen LogP contribution in [0.4, 0.5) is 0 Å². The number of unbranched alkanes of at least 4 members (excludes halogenated alkanes) is 4. The van der Waals surface area contributed by atoms with Gasteiger partial charge in [-0.15, -0.1) is 11.8 Å². The van der Waals surface area contributed by atoms with Crippen molar-refractivity contribution in [3.63, 3.8) is 0 Å². The highest BCUT2D eigenvalue weighted by atomic mass is 32.2. The highest BCUT2D eigenvalue weighted by Gasteiger charge is 2.41. The molecule has 1 unspecified atom stereocenters. The van der Waals surface area contributed by atoms with Gasteiger partial charge in [-0.3, -0.25) is 19.4 Å². The van der Waals surface area contributed by atoms with Crippen molar-refractivity contribution in [3.05, 3.63) is 41.7 Å². The quantitative estimate of drug-likeness (QED) is 0.203. The summed E-state index contributed by atoms with van der Waals surface area (Å²) in [6.07, 6.45) is 9.37. The van der Waals surface area contributed by atoms with Gasteiger partial charge in [-0.1, -0.05) is 70.4 Å². The second-order valence-electron chi connectivity index (χ2n) is 11.2. The van der Waals surface area contributed by atoms with Gasteiger partial charge in [-0.2, -0.15) is 0 Å². The molecule has 2 N–H and O–H groups in total. The summed E-state index contributed by atoms with van der Waals surface area (Å²) in [7, 11) is 0. The Bertz CT molecular complexity index is 1170. The Kier molecular flexibility index (Phi) is 13.6. The summed E-state index contributed by atoms with van der Waals surface area (Å²) in [6, 6.07) is 4.59. The molecule has 2 aliphatic rings. The topological polar surface area (TPSA) is 127 Å². The zero-order valence-corrected chi connectivity index (χ0v) is 26.8. The molecule has 230 valence electrons. The van der Waals surface area contributed by atoms with Crippen LogP contribution in [0.15, 0.2) is 35.3 Å². The maximum atomic E-state index is 13.3. The van der Waals surface area contributed by atoms with Gasteiger partial charge in [-0.05, 0) is 43.9 Å². The molecule has 11 heteroatoms. The van der Waals surface area contributed by atoms with Crippen LogP contribution in [0.2, 0.25) is 0 Å². The van der Waals surface area contributed by atoms with Crippen molar-refractivity contribution < 1.29 is 23.9 Å². The van der Waals surface area contributed by atoms with E-state index in [1.807, 2.05) is 38.1 Å². The first-order chi connectivity index (χ1) is 20.1. The molecule has 0 saturated carbocycles. The number of nitrogens with zero attached hydrogens (tertiary/aromatic N) is 2. The van der Waals surface area contributed by atoms with E-state index < -0.39 is 23.7 Å². The van der Waals surface area contributed by atoms with Crippen molar-refractivity contribution in [1.82, 2.24) is 15.6 Å². The fraction of sp³-hybridized carbons (Fsp3) is 0.613. The Morgan fingerprint density at radius 3 is 2.76 bits per heavy atom. The molecule has 0 aromatic carbocycles. The minimum Gasteiger partial charge on any atom is -0.456 e. The van der Waals surface area contributed by atoms with Gasteiger partial charge in [-0.25, -0.2) is 9.78 Å². The number of rotatable bonds is 11. The first-order valence-electron chi connectivity index (χ1n) is 14.9. The fourth-order valence-electron chi connectivity index (χ4n) is 4.49. The van der Waals surface area contributed by atoms with Crippen LogP contribution in [-0.2, 0) is 30.5 Å². The minimum atomic E-state index is -1.06. The van der Waals surface area contributed by atoms with E-state index in [4.69, 9.17) is 4.74 Å². The van der Waals surface area contributed by atoms with Gasteiger partial charge in [0.1, 0.15) is 22.7 Å². The molecule has 3 atom stereocenters. The Balaban J connectivity index is 1.69. The summed E-state index contributed by atoms with van der Waals surface area (Å²) < 4.78 is 5.78. The zero-order chi connectivity index (χ0) is 30.5. The van der Waals surface area contributed by atoms with Gasteiger partial charge in [0.15, 0.2) is 5.12 Å². The van der Waals surface area contributed by atoms with Crippen molar-refractivity contribution in [2.24, 2.45) is 10.9 Å². The first-order valence-corrected chi connectivity index (χ1v) is 16.9. The molecular weight excluding hydrogens is 572 g/mol. The van der Waals surface area contributed by atoms with Crippen LogP contribution in [-0.4, -0.2) is 62.1 Å². The van der Waals surface area contributed by atoms with Crippen molar-refractivity contribution in [1.29, 1.82) is 0 Å². The standard InChI is InChI=1S/C31H44N4O5S2/c1-5-6-7-8-9-16-26(37)41-17-11-10-14-23-18-25(36)32-19-22-13-12-15-24(33-22)28-35-31(4,20-42-28)30(39)34-27(21(2)3)29(38)40-23/h10,12-15,21,23,27H,5-9,11,16-20H2,1-4H3,(H,32,36)(H,34,39)/b14-10+/t23-,27?,31+/m1/s1. The number of nitrogens with one attached hydrogen (secondary N) is 2. The highest BCUT2D eigenvalue weighted by molar-refractivity contribution is 8.14. The van der Waals surface area contributed by atoms with Gasteiger partial charge in [0.2, 0.25) is 11.8 Å². The van der Waals surface area contributed by atoms with Gasteiger partial charge in [0.25, 0.3) is 0 Å². The maximum absolute atomic E-state index is 13.3. The number of fused-ring (bicyclic) bond motifs is 4. The fourth-order valence-corrected chi connectivity index (χ4v) is 6.40. The largest absolute Gasteiger partial charge is 0.456 e. The summed E-state index contributed by atoms with van der Waals surface area (Å²) in [5.74, 6) is -0.478. The molecule has 0 aliphatic carbocycles. The van der Waals surface area contributed by atoms with Crippen LogP contribution in [0.5, 0.6) is 0 Å². The molecular formula is C31H44N4O5S2. The van der Waals surface area contributed by atoms with Crippen LogP contribution < -0.4 is 10.6 Å². The lowest BCUT2D eigenvalue weighted by molar-refractivity contribution is -0.153. The van der Waals surface area contributed by atoms with E-state index >= 15 is 0 Å². The number of allylic oxidation sites excluding steroid dienone is 1. The lowest BCUT2D eigenvalue weighted by atomic mass is 10.0. The van der Waals surface area contributed by atoms with Crippen molar-refractivity contribution in [2.45, 2.75) is 103 Å². The van der Waals surface area contributed by atoms with Crippen LogP contribution in [0.1, 0.15) is 90.4 Å². The van der Waals surface area contributed by atoms with Gasteiger partial charge in [0.05, 0.1) is 24.4 Å². The second-order valence-corrected chi connectivity index (χ2v) is 13.4. The van der Waals surface area contributed by atoms with E-state index in [0.29, 0.717) is 40.8 Å². The number of carbonyl (C=O) groups is 4. The smallest absolute Gasteiger partial charge is 0.329 e. The number of cyclic esters (lactones) is 1. The predicted molar refractivity (Wildman–Crippen MR) is 169 cm³/mol. The Morgan fingerprint density at radius 2 is 2.00 bits per heavy atom. The summed E-state index contributed by atoms with van der Waals surface area (Å²) in [4.78, 5) is 61.0. The number of amides is 2. The number of aromatic nitrogens is 1. The lowest BCUT2D eigenvalue weighted by Gasteiger charge is -2.27. The molecule has 3 heterocycles. The second kappa shape index (κ2) is 16.8. The normalized spacial score (nSPS) is 23.5. The monoisotopic (exact) mass is 616 g/mol. The van der Waals surface area contributed by atoms with Crippen LogP contribution in [0.3, 0.4) is 0 Å². The van der Waals surface area contributed by atoms with E-state index in [9.17, 15) is 19.2 Å². The number of pyridine rings is 1. The molecule has 1 aromatic heterocycles. The van der Waals surface area contributed by atoms with E-state index in [1.54, 1.807) is 13.0 Å². The van der Waals surface area contributed by atoms with Crippen molar-refractivity contribution in [3.8, 4) is 0 Å². The highest BCUT2D eigenvalue weighted by Crippen LogP contribution is 2.31. The number of ether oxygens (including phenoxy) is 1. The number of carbonyl (C=O) groups excluding carboxylic acids is 4. The van der Waals surface area contributed by atoms with Gasteiger partial charge < -0.3 is 15.4 Å². The van der Waals surface area contributed by atoms with E-state index in [-0.39, 0.29) is 35.8 Å². The first kappa shape index (κ1) is 33.8. The zero-order valence-electron chi connectivity index (χ0n) is 25.1. The summed E-state index contributed by atoms with van der Waals surface area (Å²) in [5, 5.41) is 6.55. The van der Waals surface area contributed by atoms with Crippen molar-refractivity contribution >= 4 is 51.5 Å². The molecule has 3 rings (SSSR count). The SMILES string of the molecule is CCCCCCCC(=O)SCC/C=C/[C@@H]1CC(=O)NCc2cccc(n2)C2=N[C@@](C)(CS2)C(=O)NC(C(C)C)C(=O)O1. The number of hydrogen-bond donors (Lipinski definition) is 2. The third kappa shape index (κ3) is 10.6. The van der Waals surface area contributed by atoms with Crippen LogP contribution in [0.25, 0.3) is 0 Å². The minimum absolute atomic E-state index is 0.0786. The van der Waals surface area contributed by atoms with E-state index in [1.165, 1.54) is 42.8 Å². The van der Waals surface area contributed by atoms with E-state index in [2.05, 4.69) is 27.5 Å². The molecule has 1 aromatic rings. The average Bonchev–Trinajstić information content (AvgIpc) is 3.37. The molecule has 2 amide bonds. The Hall–Kier alpha value is -2.66. The maximum Gasteiger partial charge on any atom is 0.329 e. The molecule has 0 saturated heterocycles. The Labute approximate surface area is 257 Å². The molecule has 42 heavy (non-hydrogen) atoms. The van der Waals surface area contributed by atoms with Crippen LogP contribution in [0, 0.1) is 5.92 Å². The third-order valence-electron chi connectivity index (χ3n) is 7.06. The predicted octanol–water partition coefficient (Wildman–Crippen LogP) is 4.97. The summed E-state index contributed by atoms with van der Waals surface area (Å²) in [6.45, 7) is 7.78. The van der Waals surface area contributed by atoms with Gasteiger partial charge >= 0.3 is 5.97 Å². The summed E-state index contributed by atoms with van der Waals surface area (Å²) in [5.41, 5.74) is 0.245. The molecule has 0 spiro atoms. The number of hydrogen-bond acceptors (Lipinski definition) is 9. The number of aliphatic imine (C=N–C) groups is 1. The molecule has 2 aliphatic heterocycles. The van der Waals surface area contributed by atoms with Crippen LogP contribution >= 0.6 is 23.5 Å². The Morgan fingerprint density at radius 1 is 1.21 bits per heavy atom. The summed E-state index contributed by atoms with van der Waals surface area (Å²) >= 11 is 2.75. The van der Waals surface area contributed by atoms with E-state index in [0.717, 1.165) is 12.8 Å². The average molecular weight is 617 g/mol. The third-order valence-corrected chi connectivity index (χ3v) is 9.31. The van der Waals surface area contributed by atoms with Gasteiger partial charge in [0, 0.05) is 17.9 Å². The molecule has 0 radical (unpaired) electrons. The van der Waals surface area contributed by atoms with Crippen molar-refractivity contribution in [2.75, 3.05) is 11.5 Å². The lowest BCUT2D eigenvalue weighted by Crippen LogP contribution is -2.53. The molecule has 0 fully saturated rings. The molecule has 4 bridgehead atoms. The number of thioether (sulfide) groups is 2. The molecule has 9 nitrogen and oxygen atoms in total. The number of esters is 1.